The van der Waals surface area contributed by atoms with E-state index in [0.29, 0.717) is 6.54 Å². The van der Waals surface area contributed by atoms with Gasteiger partial charge < -0.3 is 5.11 Å². The smallest absolute Gasteiger partial charge is 0.412 e. The summed E-state index contributed by atoms with van der Waals surface area (Å²) in [5.74, 6) is 0. The lowest BCUT2D eigenvalue weighted by molar-refractivity contribution is 0.202. The number of carbonyl (C=O) groups is 1. The number of benzene rings is 2. The third-order valence-electron chi connectivity index (χ3n) is 3.00. The van der Waals surface area contributed by atoms with Gasteiger partial charge in [0.05, 0.1) is 5.69 Å². The highest BCUT2D eigenvalue weighted by atomic mass is 16.4. The molecular weight excluding hydrogens is 214 g/mol. The molecule has 1 N–H and O–H groups in total. The van der Waals surface area contributed by atoms with Crippen LogP contribution in [0.3, 0.4) is 0 Å². The number of anilines is 1. The number of nitrogens with zero attached hydrogens (tertiary/aromatic N) is 1. The number of hydrogen-bond acceptors (Lipinski definition) is 1. The van der Waals surface area contributed by atoms with Crippen LogP contribution >= 0.6 is 0 Å². The van der Waals surface area contributed by atoms with Gasteiger partial charge in [0.25, 0.3) is 0 Å². The molecule has 2 aromatic carbocycles. The van der Waals surface area contributed by atoms with Crippen LogP contribution in [0.4, 0.5) is 10.5 Å². The molecular formula is C14H11NO2. The zero-order valence-corrected chi connectivity index (χ0v) is 9.13. The van der Waals surface area contributed by atoms with Crippen LogP contribution in [0.15, 0.2) is 42.5 Å². The second kappa shape index (κ2) is 3.63. The molecule has 1 aliphatic rings. The molecule has 0 unspecified atom stereocenters. The Bertz CT molecular complexity index is 631. The molecule has 0 spiro atoms. The maximum absolute atomic E-state index is 11.1. The van der Waals surface area contributed by atoms with Gasteiger partial charge in [0.2, 0.25) is 0 Å². The SMILES string of the molecule is O=C(O)N1CC=Cc2cc3ccccc3cc21. The van der Waals surface area contributed by atoms with Crippen molar-refractivity contribution >= 4 is 28.6 Å². The highest BCUT2D eigenvalue weighted by Gasteiger charge is 2.19. The van der Waals surface area contributed by atoms with E-state index in [4.69, 9.17) is 5.11 Å². The summed E-state index contributed by atoms with van der Waals surface area (Å²) in [4.78, 5) is 12.5. The zero-order valence-electron chi connectivity index (χ0n) is 9.13. The molecule has 0 fully saturated rings. The van der Waals surface area contributed by atoms with Gasteiger partial charge in [0.1, 0.15) is 0 Å². The number of rotatable bonds is 0. The zero-order chi connectivity index (χ0) is 11.8. The molecule has 0 radical (unpaired) electrons. The number of carboxylic acid groups (broad SMARTS) is 1. The largest absolute Gasteiger partial charge is 0.465 e. The van der Waals surface area contributed by atoms with Crippen molar-refractivity contribution < 1.29 is 9.90 Å². The molecule has 17 heavy (non-hydrogen) atoms. The van der Waals surface area contributed by atoms with Gasteiger partial charge in [-0.25, -0.2) is 4.79 Å². The predicted octanol–water partition coefficient (Wildman–Crippen LogP) is 3.35. The van der Waals surface area contributed by atoms with Crippen LogP contribution in [-0.4, -0.2) is 17.7 Å². The summed E-state index contributed by atoms with van der Waals surface area (Å²) in [5.41, 5.74) is 1.72. The normalized spacial score (nSPS) is 13.8. The first-order valence-corrected chi connectivity index (χ1v) is 5.45. The average Bonchev–Trinajstić information content (AvgIpc) is 2.35. The Morgan fingerprint density at radius 3 is 2.59 bits per heavy atom. The number of fused-ring (bicyclic) bond motifs is 2. The molecule has 1 aliphatic heterocycles. The van der Waals surface area contributed by atoms with Crippen molar-refractivity contribution in [2.24, 2.45) is 0 Å². The van der Waals surface area contributed by atoms with Gasteiger partial charge in [-0.05, 0) is 28.5 Å². The van der Waals surface area contributed by atoms with E-state index in [2.05, 4.69) is 0 Å². The summed E-state index contributed by atoms with van der Waals surface area (Å²) in [7, 11) is 0. The molecule has 0 saturated heterocycles. The van der Waals surface area contributed by atoms with E-state index in [1.807, 2.05) is 48.6 Å². The molecule has 3 heteroatoms. The van der Waals surface area contributed by atoms with E-state index in [1.165, 1.54) is 4.90 Å². The monoisotopic (exact) mass is 225 g/mol. The summed E-state index contributed by atoms with van der Waals surface area (Å²) in [5, 5.41) is 11.3. The molecule has 1 heterocycles. The quantitative estimate of drug-likeness (QED) is 0.746. The fourth-order valence-corrected chi connectivity index (χ4v) is 2.18. The molecule has 0 aliphatic carbocycles. The Labute approximate surface area is 98.6 Å². The molecule has 84 valence electrons. The highest BCUT2D eigenvalue weighted by Crippen LogP contribution is 2.30. The van der Waals surface area contributed by atoms with E-state index in [-0.39, 0.29) is 0 Å². The van der Waals surface area contributed by atoms with Crippen molar-refractivity contribution in [2.75, 3.05) is 11.4 Å². The van der Waals surface area contributed by atoms with Gasteiger partial charge in [-0.15, -0.1) is 0 Å². The summed E-state index contributed by atoms with van der Waals surface area (Å²) in [6.45, 7) is 0.417. The fourth-order valence-electron chi connectivity index (χ4n) is 2.18. The molecule has 0 atom stereocenters. The van der Waals surface area contributed by atoms with Gasteiger partial charge in [0, 0.05) is 6.54 Å². The van der Waals surface area contributed by atoms with Crippen molar-refractivity contribution in [3.63, 3.8) is 0 Å². The van der Waals surface area contributed by atoms with E-state index in [9.17, 15) is 4.79 Å². The summed E-state index contributed by atoms with van der Waals surface area (Å²) in [6.07, 6.45) is 2.93. The van der Waals surface area contributed by atoms with Crippen LogP contribution in [0, 0.1) is 0 Å². The molecule has 1 amide bonds. The van der Waals surface area contributed by atoms with Crippen LogP contribution in [-0.2, 0) is 0 Å². The average molecular weight is 225 g/mol. The number of amides is 1. The van der Waals surface area contributed by atoms with Crippen molar-refractivity contribution in [3.8, 4) is 0 Å². The maximum atomic E-state index is 11.1. The van der Waals surface area contributed by atoms with E-state index >= 15 is 0 Å². The van der Waals surface area contributed by atoms with E-state index in [0.717, 1.165) is 22.0 Å². The van der Waals surface area contributed by atoms with Crippen LogP contribution in [0.25, 0.3) is 16.8 Å². The van der Waals surface area contributed by atoms with Gasteiger partial charge in [0.15, 0.2) is 0 Å². The summed E-state index contributed by atoms with van der Waals surface area (Å²) < 4.78 is 0. The van der Waals surface area contributed by atoms with Crippen LogP contribution in [0.1, 0.15) is 5.56 Å². The standard InChI is InChI=1S/C14H11NO2/c16-14(17)15-7-3-6-12-8-10-4-1-2-5-11(10)9-13(12)15/h1-6,8-9H,7H2,(H,16,17). The predicted molar refractivity (Wildman–Crippen MR) is 68.4 cm³/mol. The van der Waals surface area contributed by atoms with Crippen molar-refractivity contribution in [2.45, 2.75) is 0 Å². The second-order valence-corrected chi connectivity index (χ2v) is 4.05. The highest BCUT2D eigenvalue weighted by molar-refractivity contribution is 5.97. The van der Waals surface area contributed by atoms with E-state index < -0.39 is 6.09 Å². The minimum Gasteiger partial charge on any atom is -0.465 e. The third-order valence-corrected chi connectivity index (χ3v) is 3.00. The molecule has 3 nitrogen and oxygen atoms in total. The first-order chi connectivity index (χ1) is 8.25. The van der Waals surface area contributed by atoms with Crippen LogP contribution in [0.2, 0.25) is 0 Å². The van der Waals surface area contributed by atoms with Crippen LogP contribution < -0.4 is 4.90 Å². The molecule has 0 saturated carbocycles. The van der Waals surface area contributed by atoms with Gasteiger partial charge in [-0.2, -0.15) is 0 Å². The summed E-state index contributed by atoms with van der Waals surface area (Å²) >= 11 is 0. The lowest BCUT2D eigenvalue weighted by Crippen LogP contribution is -2.31. The van der Waals surface area contributed by atoms with Crippen LogP contribution in [0.5, 0.6) is 0 Å². The minimum atomic E-state index is -0.911. The Hall–Kier alpha value is -2.29. The second-order valence-electron chi connectivity index (χ2n) is 4.05. The van der Waals surface area contributed by atoms with Gasteiger partial charge in [-0.3, -0.25) is 4.90 Å². The Kier molecular flexibility index (Phi) is 2.11. The molecule has 3 rings (SSSR count). The van der Waals surface area contributed by atoms with Crippen molar-refractivity contribution in [1.82, 2.24) is 0 Å². The number of hydrogen-bond donors (Lipinski definition) is 1. The van der Waals surface area contributed by atoms with Crippen molar-refractivity contribution in [3.05, 3.63) is 48.0 Å². The third kappa shape index (κ3) is 1.56. The maximum Gasteiger partial charge on any atom is 0.412 e. The molecule has 0 bridgehead atoms. The summed E-state index contributed by atoms with van der Waals surface area (Å²) in [6, 6.07) is 11.9. The molecule has 0 aromatic heterocycles. The Morgan fingerprint density at radius 2 is 1.88 bits per heavy atom. The minimum absolute atomic E-state index is 0.417. The van der Waals surface area contributed by atoms with Gasteiger partial charge in [-0.1, -0.05) is 36.4 Å². The van der Waals surface area contributed by atoms with Crippen molar-refractivity contribution in [1.29, 1.82) is 0 Å². The fraction of sp³-hybridized carbons (Fsp3) is 0.0714. The first kappa shape index (κ1) is 9.90. The lowest BCUT2D eigenvalue weighted by Gasteiger charge is -2.23. The Morgan fingerprint density at radius 1 is 1.18 bits per heavy atom. The first-order valence-electron chi connectivity index (χ1n) is 5.45. The Balaban J connectivity index is 2.27. The molecule has 2 aromatic rings. The van der Waals surface area contributed by atoms with E-state index in [1.54, 1.807) is 0 Å². The topological polar surface area (TPSA) is 40.5 Å². The lowest BCUT2D eigenvalue weighted by atomic mass is 10.0. The van der Waals surface area contributed by atoms with Gasteiger partial charge >= 0.3 is 6.09 Å².